The van der Waals surface area contributed by atoms with Gasteiger partial charge < -0.3 is 19.6 Å². The van der Waals surface area contributed by atoms with E-state index in [0.29, 0.717) is 17.2 Å². The van der Waals surface area contributed by atoms with Crippen molar-refractivity contribution in [1.29, 1.82) is 0 Å². The summed E-state index contributed by atoms with van der Waals surface area (Å²) in [7, 11) is 0. The van der Waals surface area contributed by atoms with E-state index >= 15 is 0 Å². The topological polar surface area (TPSA) is 71.4 Å². The van der Waals surface area contributed by atoms with E-state index in [1.54, 1.807) is 18.2 Å². The normalized spacial score (nSPS) is 19.2. The van der Waals surface area contributed by atoms with Gasteiger partial charge in [-0.25, -0.2) is 0 Å². The highest BCUT2D eigenvalue weighted by molar-refractivity contribution is 6.06. The number of hydrogen-bond acceptors (Lipinski definition) is 5. The van der Waals surface area contributed by atoms with Crippen LogP contribution < -0.4 is 9.47 Å². The lowest BCUT2D eigenvalue weighted by Gasteiger charge is -2.26. The van der Waals surface area contributed by atoms with Crippen LogP contribution >= 0.6 is 0 Å². The second-order valence-electron chi connectivity index (χ2n) is 5.22. The number of fused-ring (bicyclic) bond motifs is 1. The average molecular weight is 290 g/mol. The summed E-state index contributed by atoms with van der Waals surface area (Å²) in [5.74, 6) is 1.22. The number of nitrogens with zero attached hydrogens (tertiary/aromatic N) is 2. The van der Waals surface area contributed by atoms with E-state index in [1.807, 2.05) is 4.90 Å². The Morgan fingerprint density at radius 1 is 1.33 bits per heavy atom. The molecule has 1 saturated heterocycles. The zero-order valence-electron chi connectivity index (χ0n) is 11.7. The molecule has 1 fully saturated rings. The molecule has 0 bridgehead atoms. The number of rotatable bonds is 3. The standard InChI is InChI=1S/C15H18N2O4/c18-15(17-6-2-1-3-7-17)10-20-11-4-5-12-13(16-19)9-21-14(12)8-11/h4-5,8,19H,1-3,6-7,9-10H2. The first-order valence-electron chi connectivity index (χ1n) is 7.16. The van der Waals surface area contributed by atoms with Crippen LogP contribution in [0.25, 0.3) is 0 Å². The fourth-order valence-electron chi connectivity index (χ4n) is 2.64. The van der Waals surface area contributed by atoms with E-state index in [2.05, 4.69) is 5.16 Å². The Bertz CT molecular complexity index is 565. The van der Waals surface area contributed by atoms with Crippen LogP contribution in [0.1, 0.15) is 24.8 Å². The van der Waals surface area contributed by atoms with Gasteiger partial charge >= 0.3 is 0 Å². The number of likely N-dealkylation sites (tertiary alicyclic amines) is 1. The molecule has 2 heterocycles. The third-order valence-electron chi connectivity index (χ3n) is 3.82. The summed E-state index contributed by atoms with van der Waals surface area (Å²) < 4.78 is 10.9. The summed E-state index contributed by atoms with van der Waals surface area (Å²) in [6.45, 7) is 1.94. The SMILES string of the molecule is O=C(COc1ccc2c(c1)OCC2=NO)N1CCCCC1. The van der Waals surface area contributed by atoms with Gasteiger partial charge in [0.1, 0.15) is 23.8 Å². The molecule has 2 aliphatic heterocycles. The number of carbonyl (C=O) groups excluding carboxylic acids is 1. The molecule has 1 aromatic carbocycles. The average Bonchev–Trinajstić information content (AvgIpc) is 2.95. The number of carbonyl (C=O) groups is 1. The molecule has 0 radical (unpaired) electrons. The molecule has 6 nitrogen and oxygen atoms in total. The maximum absolute atomic E-state index is 12.0. The fourth-order valence-corrected chi connectivity index (χ4v) is 2.64. The first-order valence-corrected chi connectivity index (χ1v) is 7.16. The monoisotopic (exact) mass is 290 g/mol. The van der Waals surface area contributed by atoms with Crippen LogP contribution in [0.2, 0.25) is 0 Å². The van der Waals surface area contributed by atoms with Crippen molar-refractivity contribution < 1.29 is 19.5 Å². The lowest BCUT2D eigenvalue weighted by atomic mass is 10.1. The second kappa shape index (κ2) is 6.03. The molecule has 0 aromatic heterocycles. The molecular weight excluding hydrogens is 272 g/mol. The van der Waals surface area contributed by atoms with Gasteiger partial charge in [0.05, 0.1) is 0 Å². The Labute approximate surface area is 122 Å². The van der Waals surface area contributed by atoms with Crippen LogP contribution in [-0.4, -0.2) is 48.0 Å². The molecule has 112 valence electrons. The summed E-state index contributed by atoms with van der Waals surface area (Å²) in [6.07, 6.45) is 3.34. The van der Waals surface area contributed by atoms with E-state index < -0.39 is 0 Å². The number of oxime groups is 1. The molecule has 6 heteroatoms. The largest absolute Gasteiger partial charge is 0.486 e. The summed E-state index contributed by atoms with van der Waals surface area (Å²) in [5, 5.41) is 12.0. The highest BCUT2D eigenvalue weighted by Crippen LogP contribution is 2.29. The van der Waals surface area contributed by atoms with Gasteiger partial charge in [0.2, 0.25) is 0 Å². The predicted octanol–water partition coefficient (Wildman–Crippen LogP) is 1.65. The van der Waals surface area contributed by atoms with Crippen LogP contribution in [-0.2, 0) is 4.79 Å². The minimum absolute atomic E-state index is 0.0220. The van der Waals surface area contributed by atoms with Crippen LogP contribution in [0.4, 0.5) is 0 Å². The molecule has 0 saturated carbocycles. The minimum atomic E-state index is 0.0220. The van der Waals surface area contributed by atoms with E-state index in [-0.39, 0.29) is 19.1 Å². The first kappa shape index (κ1) is 13.7. The summed E-state index contributed by atoms with van der Waals surface area (Å²) in [6, 6.07) is 5.25. The molecule has 1 aromatic rings. The van der Waals surface area contributed by atoms with Gasteiger partial charge in [-0.15, -0.1) is 0 Å². The van der Waals surface area contributed by atoms with Crippen LogP contribution in [0, 0.1) is 0 Å². The number of hydrogen-bond donors (Lipinski definition) is 1. The zero-order valence-corrected chi connectivity index (χ0v) is 11.7. The van der Waals surface area contributed by atoms with Gasteiger partial charge in [0.25, 0.3) is 5.91 Å². The molecule has 0 aliphatic carbocycles. The van der Waals surface area contributed by atoms with Crippen LogP contribution in [0.5, 0.6) is 11.5 Å². The highest BCUT2D eigenvalue weighted by Gasteiger charge is 2.21. The van der Waals surface area contributed by atoms with Crippen molar-refractivity contribution in [1.82, 2.24) is 4.90 Å². The Morgan fingerprint density at radius 2 is 2.14 bits per heavy atom. The van der Waals surface area contributed by atoms with Gasteiger partial charge in [0.15, 0.2) is 6.61 Å². The van der Waals surface area contributed by atoms with Crippen LogP contribution in [0.3, 0.4) is 0 Å². The smallest absolute Gasteiger partial charge is 0.260 e. The molecule has 0 spiro atoms. The number of ether oxygens (including phenoxy) is 2. The summed E-state index contributed by atoms with van der Waals surface area (Å²) in [4.78, 5) is 13.9. The third-order valence-corrected chi connectivity index (χ3v) is 3.82. The molecule has 0 unspecified atom stereocenters. The quantitative estimate of drug-likeness (QED) is 0.678. The van der Waals surface area contributed by atoms with Crippen molar-refractivity contribution in [2.75, 3.05) is 26.3 Å². The molecule has 1 N–H and O–H groups in total. The predicted molar refractivity (Wildman–Crippen MR) is 76.2 cm³/mol. The number of piperidine rings is 1. The first-order chi connectivity index (χ1) is 10.3. The minimum Gasteiger partial charge on any atom is -0.486 e. The van der Waals surface area contributed by atoms with Crippen molar-refractivity contribution in [3.63, 3.8) is 0 Å². The molecule has 3 rings (SSSR count). The Hall–Kier alpha value is -2.24. The van der Waals surface area contributed by atoms with Gasteiger partial charge in [-0.3, -0.25) is 4.79 Å². The zero-order chi connectivity index (χ0) is 14.7. The van der Waals surface area contributed by atoms with Crippen LogP contribution in [0.15, 0.2) is 23.4 Å². The number of amides is 1. The lowest BCUT2D eigenvalue weighted by molar-refractivity contribution is -0.134. The maximum Gasteiger partial charge on any atom is 0.260 e. The van der Waals surface area contributed by atoms with Crippen molar-refractivity contribution in [3.8, 4) is 11.5 Å². The lowest BCUT2D eigenvalue weighted by Crippen LogP contribution is -2.38. The van der Waals surface area contributed by atoms with E-state index in [0.717, 1.165) is 31.5 Å². The summed E-state index contributed by atoms with van der Waals surface area (Å²) >= 11 is 0. The molecule has 0 atom stereocenters. The highest BCUT2D eigenvalue weighted by atomic mass is 16.5. The van der Waals surface area contributed by atoms with Crippen molar-refractivity contribution in [3.05, 3.63) is 23.8 Å². The van der Waals surface area contributed by atoms with Gasteiger partial charge in [-0.1, -0.05) is 5.16 Å². The van der Waals surface area contributed by atoms with E-state index in [1.165, 1.54) is 6.42 Å². The molecule has 1 amide bonds. The molecule has 2 aliphatic rings. The van der Waals surface area contributed by atoms with Gasteiger partial charge in [0, 0.05) is 24.7 Å². The molecular formula is C15H18N2O4. The van der Waals surface area contributed by atoms with Gasteiger partial charge in [-0.2, -0.15) is 0 Å². The second-order valence-corrected chi connectivity index (χ2v) is 5.22. The number of benzene rings is 1. The van der Waals surface area contributed by atoms with E-state index in [9.17, 15) is 4.79 Å². The summed E-state index contributed by atoms with van der Waals surface area (Å²) in [5.41, 5.74) is 1.26. The maximum atomic E-state index is 12.0. The van der Waals surface area contributed by atoms with Gasteiger partial charge in [-0.05, 0) is 31.4 Å². The van der Waals surface area contributed by atoms with Crippen molar-refractivity contribution >= 4 is 11.6 Å². The Kier molecular flexibility index (Phi) is 3.94. The van der Waals surface area contributed by atoms with E-state index in [4.69, 9.17) is 14.7 Å². The fraction of sp³-hybridized carbons (Fsp3) is 0.467. The Morgan fingerprint density at radius 3 is 2.90 bits per heavy atom. The Balaban J connectivity index is 1.60. The van der Waals surface area contributed by atoms with Crippen molar-refractivity contribution in [2.24, 2.45) is 5.16 Å². The van der Waals surface area contributed by atoms with Crippen molar-refractivity contribution in [2.45, 2.75) is 19.3 Å². The third kappa shape index (κ3) is 2.94. The molecule has 21 heavy (non-hydrogen) atoms.